The fourth-order valence-electron chi connectivity index (χ4n) is 2.98. The number of nitrogen functional groups attached to an aromatic ring is 1. The molecule has 138 valence electrons. The molecule has 0 bridgehead atoms. The molecular formula is C18H21N3O5. The third-order valence-corrected chi connectivity index (χ3v) is 4.10. The molecule has 0 fully saturated rings. The minimum Gasteiger partial charge on any atom is -0.454 e. The van der Waals surface area contributed by atoms with Crippen molar-refractivity contribution in [2.75, 3.05) is 12.3 Å². The van der Waals surface area contributed by atoms with Crippen molar-refractivity contribution in [2.24, 2.45) is 0 Å². The van der Waals surface area contributed by atoms with Crippen molar-refractivity contribution < 1.29 is 19.2 Å². The molecule has 0 aliphatic carbocycles. The summed E-state index contributed by atoms with van der Waals surface area (Å²) in [6.07, 6.45) is 0. The average molecular weight is 359 g/mol. The Morgan fingerprint density at radius 3 is 2.42 bits per heavy atom. The Kier molecular flexibility index (Phi) is 5.44. The van der Waals surface area contributed by atoms with Gasteiger partial charge in [-0.15, -0.1) is 0 Å². The van der Waals surface area contributed by atoms with E-state index in [2.05, 4.69) is 0 Å². The van der Waals surface area contributed by atoms with Crippen LogP contribution in [0.2, 0.25) is 0 Å². The van der Waals surface area contributed by atoms with Gasteiger partial charge in [-0.2, -0.15) is 0 Å². The molecule has 2 aromatic rings. The number of ether oxygens (including phenoxy) is 1. The van der Waals surface area contributed by atoms with E-state index in [1.807, 2.05) is 32.3 Å². The standard InChI is InChI=1S/C18H21N3O5/c1-10(2)20-11(3)7-14(12(20)4)17(22)9-26-18(23)15-8-13(21(24)25)5-6-16(15)19/h5-8,10H,9,19H2,1-4H3. The largest absolute Gasteiger partial charge is 0.454 e. The zero-order valence-corrected chi connectivity index (χ0v) is 15.1. The maximum Gasteiger partial charge on any atom is 0.340 e. The first-order valence-corrected chi connectivity index (χ1v) is 8.06. The van der Waals surface area contributed by atoms with Crippen molar-refractivity contribution in [3.05, 3.63) is 56.9 Å². The van der Waals surface area contributed by atoms with Gasteiger partial charge in [0.1, 0.15) is 0 Å². The number of ketones is 1. The molecular weight excluding hydrogens is 338 g/mol. The summed E-state index contributed by atoms with van der Waals surface area (Å²) >= 11 is 0. The highest BCUT2D eigenvalue weighted by atomic mass is 16.6. The molecule has 0 radical (unpaired) electrons. The van der Waals surface area contributed by atoms with Crippen LogP contribution in [0.1, 0.15) is 52.0 Å². The van der Waals surface area contributed by atoms with Crippen LogP contribution in [0.5, 0.6) is 0 Å². The molecule has 0 unspecified atom stereocenters. The summed E-state index contributed by atoms with van der Waals surface area (Å²) in [5.41, 5.74) is 7.53. The van der Waals surface area contributed by atoms with Gasteiger partial charge in [-0.3, -0.25) is 14.9 Å². The Labute approximate surface area is 150 Å². The molecule has 0 saturated carbocycles. The number of aryl methyl sites for hydroxylation is 1. The zero-order chi connectivity index (χ0) is 19.6. The van der Waals surface area contributed by atoms with Gasteiger partial charge in [-0.1, -0.05) is 0 Å². The molecule has 8 heteroatoms. The molecule has 0 amide bonds. The number of aromatic nitrogens is 1. The van der Waals surface area contributed by atoms with E-state index in [1.165, 1.54) is 12.1 Å². The van der Waals surface area contributed by atoms with Gasteiger partial charge in [0.15, 0.2) is 6.61 Å². The van der Waals surface area contributed by atoms with E-state index in [1.54, 1.807) is 6.07 Å². The number of carbonyl (C=O) groups is 2. The Morgan fingerprint density at radius 2 is 1.88 bits per heavy atom. The van der Waals surface area contributed by atoms with Gasteiger partial charge >= 0.3 is 5.97 Å². The lowest BCUT2D eigenvalue weighted by Gasteiger charge is -2.13. The molecule has 0 saturated heterocycles. The number of hydrogen-bond acceptors (Lipinski definition) is 6. The first kappa shape index (κ1) is 19.2. The summed E-state index contributed by atoms with van der Waals surface area (Å²) < 4.78 is 7.05. The maximum absolute atomic E-state index is 12.4. The predicted octanol–water partition coefficient (Wildman–Crippen LogP) is 3.22. The van der Waals surface area contributed by atoms with Crippen LogP contribution < -0.4 is 5.73 Å². The van der Waals surface area contributed by atoms with Crippen LogP contribution >= 0.6 is 0 Å². The monoisotopic (exact) mass is 359 g/mol. The molecule has 1 aromatic heterocycles. The van der Waals surface area contributed by atoms with E-state index in [0.29, 0.717) is 5.56 Å². The second-order valence-electron chi connectivity index (χ2n) is 6.28. The van der Waals surface area contributed by atoms with Crippen molar-refractivity contribution in [1.82, 2.24) is 4.57 Å². The van der Waals surface area contributed by atoms with Gasteiger partial charge in [0.2, 0.25) is 5.78 Å². The van der Waals surface area contributed by atoms with E-state index in [4.69, 9.17) is 10.5 Å². The number of nitrogens with zero attached hydrogens (tertiary/aromatic N) is 2. The molecule has 0 aliphatic heterocycles. The summed E-state index contributed by atoms with van der Waals surface area (Å²) in [7, 11) is 0. The Morgan fingerprint density at radius 1 is 1.23 bits per heavy atom. The molecule has 2 N–H and O–H groups in total. The van der Waals surface area contributed by atoms with Crippen LogP contribution in [0.4, 0.5) is 11.4 Å². The van der Waals surface area contributed by atoms with Gasteiger partial charge in [0.05, 0.1) is 10.5 Å². The maximum atomic E-state index is 12.4. The van der Waals surface area contributed by atoms with Crippen molar-refractivity contribution >= 4 is 23.1 Å². The number of anilines is 1. The third-order valence-electron chi connectivity index (χ3n) is 4.10. The highest BCUT2D eigenvalue weighted by Gasteiger charge is 2.21. The molecule has 0 aliphatic rings. The fourth-order valence-corrected chi connectivity index (χ4v) is 2.98. The molecule has 1 heterocycles. The summed E-state index contributed by atoms with van der Waals surface area (Å²) in [5.74, 6) is -1.22. The highest BCUT2D eigenvalue weighted by molar-refractivity contribution is 6.01. The van der Waals surface area contributed by atoms with Crippen LogP contribution in [-0.2, 0) is 4.74 Å². The lowest BCUT2D eigenvalue weighted by Crippen LogP contribution is -2.16. The van der Waals surface area contributed by atoms with Crippen LogP contribution in [-0.4, -0.2) is 27.8 Å². The van der Waals surface area contributed by atoms with Crippen LogP contribution in [0, 0.1) is 24.0 Å². The number of Topliss-reactive ketones (excluding diaryl/α,β-unsaturated/α-hetero) is 1. The summed E-state index contributed by atoms with van der Waals surface area (Å²) in [4.78, 5) is 34.8. The number of nitrogens with two attached hydrogens (primary N) is 1. The average Bonchev–Trinajstić information content (AvgIpc) is 2.87. The van der Waals surface area contributed by atoms with Gasteiger partial charge in [-0.05, 0) is 39.8 Å². The number of nitro groups is 1. The number of esters is 1. The normalized spacial score (nSPS) is 10.8. The summed E-state index contributed by atoms with van der Waals surface area (Å²) in [5, 5.41) is 10.8. The van der Waals surface area contributed by atoms with Gasteiger partial charge in [-0.25, -0.2) is 4.79 Å². The third kappa shape index (κ3) is 3.74. The van der Waals surface area contributed by atoms with E-state index >= 15 is 0 Å². The lowest BCUT2D eigenvalue weighted by molar-refractivity contribution is -0.384. The molecule has 0 atom stereocenters. The Hall–Kier alpha value is -3.16. The number of benzene rings is 1. The predicted molar refractivity (Wildman–Crippen MR) is 96.4 cm³/mol. The van der Waals surface area contributed by atoms with Crippen LogP contribution in [0.15, 0.2) is 24.3 Å². The fraction of sp³-hybridized carbons (Fsp3) is 0.333. The first-order valence-electron chi connectivity index (χ1n) is 8.06. The molecule has 8 nitrogen and oxygen atoms in total. The van der Waals surface area contributed by atoms with Gasteiger partial charge in [0.25, 0.3) is 5.69 Å². The zero-order valence-electron chi connectivity index (χ0n) is 15.1. The smallest absolute Gasteiger partial charge is 0.340 e. The van der Waals surface area contributed by atoms with Crippen molar-refractivity contribution in [1.29, 1.82) is 0 Å². The molecule has 26 heavy (non-hydrogen) atoms. The number of nitro benzene ring substituents is 1. The highest BCUT2D eigenvalue weighted by Crippen LogP contribution is 2.22. The van der Waals surface area contributed by atoms with Gasteiger partial charge in [0, 0.05) is 40.8 Å². The number of hydrogen-bond donors (Lipinski definition) is 1. The number of carbonyl (C=O) groups excluding carboxylic acids is 2. The lowest BCUT2D eigenvalue weighted by atomic mass is 10.1. The van der Waals surface area contributed by atoms with E-state index in [9.17, 15) is 19.7 Å². The second-order valence-corrected chi connectivity index (χ2v) is 6.28. The van der Waals surface area contributed by atoms with Crippen LogP contribution in [0.3, 0.4) is 0 Å². The summed E-state index contributed by atoms with van der Waals surface area (Å²) in [6.45, 7) is 7.29. The first-order chi connectivity index (χ1) is 12.1. The van der Waals surface area contributed by atoms with E-state index in [0.717, 1.165) is 17.5 Å². The van der Waals surface area contributed by atoms with Crippen molar-refractivity contribution in [2.45, 2.75) is 33.7 Å². The van der Waals surface area contributed by atoms with Gasteiger partial charge < -0.3 is 15.0 Å². The van der Waals surface area contributed by atoms with Crippen LogP contribution in [0.25, 0.3) is 0 Å². The quantitative estimate of drug-likeness (QED) is 0.278. The second kappa shape index (κ2) is 7.38. The molecule has 0 spiro atoms. The number of non-ortho nitro benzene ring substituents is 1. The Bertz CT molecular complexity index is 883. The topological polar surface area (TPSA) is 117 Å². The Balaban J connectivity index is 2.15. The molecule has 1 aromatic carbocycles. The minimum atomic E-state index is -0.878. The molecule has 2 rings (SSSR count). The summed E-state index contributed by atoms with van der Waals surface area (Å²) in [6, 6.07) is 5.44. The van der Waals surface area contributed by atoms with E-state index in [-0.39, 0.29) is 28.8 Å². The van der Waals surface area contributed by atoms with Crippen molar-refractivity contribution in [3.63, 3.8) is 0 Å². The number of rotatable bonds is 6. The van der Waals surface area contributed by atoms with Crippen molar-refractivity contribution in [3.8, 4) is 0 Å². The SMILES string of the molecule is Cc1cc(C(=O)COC(=O)c2cc([N+](=O)[O-])ccc2N)c(C)n1C(C)C. The van der Waals surface area contributed by atoms with E-state index < -0.39 is 17.5 Å². The minimum absolute atomic E-state index is 0.0473.